The second-order valence-electron chi connectivity index (χ2n) is 4.86. The minimum Gasteiger partial charge on any atom is -0.379 e. The van der Waals surface area contributed by atoms with E-state index >= 15 is 0 Å². The Labute approximate surface area is 92.1 Å². The Bertz CT molecular complexity index is 206. The summed E-state index contributed by atoms with van der Waals surface area (Å²) < 4.78 is 5.34. The molecule has 1 aliphatic carbocycles. The summed E-state index contributed by atoms with van der Waals surface area (Å²) in [6.45, 7) is 6.69. The summed E-state index contributed by atoms with van der Waals surface area (Å²) in [5, 5.41) is 2.29. The van der Waals surface area contributed by atoms with Crippen molar-refractivity contribution in [2.75, 3.05) is 32.8 Å². The van der Waals surface area contributed by atoms with E-state index in [4.69, 9.17) is 10.5 Å². The topological polar surface area (TPSA) is 50.5 Å². The van der Waals surface area contributed by atoms with E-state index in [1.807, 2.05) is 0 Å². The molecule has 0 aromatic rings. The van der Waals surface area contributed by atoms with Gasteiger partial charge in [-0.3, -0.25) is 0 Å². The molecule has 0 spiro atoms. The zero-order valence-electron chi connectivity index (χ0n) is 9.67. The lowest BCUT2D eigenvalue weighted by Gasteiger charge is -2.40. The number of nitrogens with one attached hydrogen (secondary N) is 1. The fourth-order valence-corrected chi connectivity index (χ4v) is 2.75. The van der Waals surface area contributed by atoms with E-state index in [2.05, 4.69) is 17.4 Å². The van der Waals surface area contributed by atoms with Crippen LogP contribution in [-0.4, -0.2) is 43.4 Å². The van der Waals surface area contributed by atoms with Crippen molar-refractivity contribution < 1.29 is 4.74 Å². The molecule has 1 saturated heterocycles. The number of nitrogens with two attached hydrogens (primary N) is 1. The van der Waals surface area contributed by atoms with E-state index in [0.29, 0.717) is 5.92 Å². The van der Waals surface area contributed by atoms with Crippen molar-refractivity contribution in [3.8, 4) is 0 Å². The first-order valence-corrected chi connectivity index (χ1v) is 6.07. The Kier molecular flexibility index (Phi) is 3.61. The number of hydrazine groups is 1. The molecule has 0 aromatic carbocycles. The fraction of sp³-hybridized carbons (Fsp3) is 1.00. The van der Waals surface area contributed by atoms with Gasteiger partial charge in [0.05, 0.1) is 13.2 Å². The molecule has 2 unspecified atom stereocenters. The molecule has 2 fully saturated rings. The van der Waals surface area contributed by atoms with Crippen LogP contribution in [0, 0.1) is 5.92 Å². The van der Waals surface area contributed by atoms with Crippen molar-refractivity contribution >= 4 is 0 Å². The molecule has 1 saturated carbocycles. The van der Waals surface area contributed by atoms with Gasteiger partial charge in [0.2, 0.25) is 0 Å². The normalized spacial score (nSPS) is 38.4. The van der Waals surface area contributed by atoms with Crippen molar-refractivity contribution in [1.29, 1.82) is 0 Å². The van der Waals surface area contributed by atoms with E-state index in [9.17, 15) is 0 Å². The highest BCUT2D eigenvalue weighted by Crippen LogP contribution is 2.34. The van der Waals surface area contributed by atoms with Crippen LogP contribution in [0.4, 0.5) is 0 Å². The molecule has 0 aromatic heterocycles. The monoisotopic (exact) mass is 213 g/mol. The van der Waals surface area contributed by atoms with Crippen LogP contribution >= 0.6 is 0 Å². The summed E-state index contributed by atoms with van der Waals surface area (Å²) in [4.78, 5) is 0. The third-order valence-electron chi connectivity index (χ3n) is 3.96. The van der Waals surface area contributed by atoms with Crippen LogP contribution < -0.4 is 11.2 Å². The molecule has 2 atom stereocenters. The zero-order chi connectivity index (χ0) is 10.7. The number of ether oxygens (including phenoxy) is 1. The average molecular weight is 213 g/mol. The summed E-state index contributed by atoms with van der Waals surface area (Å²) in [5.74, 6) is 0.686. The van der Waals surface area contributed by atoms with Crippen LogP contribution in [0.1, 0.15) is 26.2 Å². The molecule has 0 amide bonds. The molecular formula is C11H23N3O. The van der Waals surface area contributed by atoms with Crippen molar-refractivity contribution in [2.24, 2.45) is 11.7 Å². The van der Waals surface area contributed by atoms with Gasteiger partial charge in [-0.2, -0.15) is 0 Å². The Hall–Kier alpha value is -0.160. The number of morpholine rings is 1. The molecule has 2 aliphatic rings. The lowest BCUT2D eigenvalue weighted by atomic mass is 9.89. The van der Waals surface area contributed by atoms with E-state index in [1.54, 1.807) is 0 Å². The van der Waals surface area contributed by atoms with Gasteiger partial charge in [0.1, 0.15) is 0 Å². The van der Waals surface area contributed by atoms with E-state index in [-0.39, 0.29) is 5.54 Å². The first-order valence-electron chi connectivity index (χ1n) is 6.07. The molecular weight excluding hydrogens is 190 g/mol. The smallest absolute Gasteiger partial charge is 0.0608 e. The van der Waals surface area contributed by atoms with Gasteiger partial charge in [0, 0.05) is 25.2 Å². The summed E-state index contributed by atoms with van der Waals surface area (Å²) in [7, 11) is 0. The Morgan fingerprint density at radius 1 is 1.47 bits per heavy atom. The molecule has 0 bridgehead atoms. The molecule has 2 rings (SSSR count). The zero-order valence-corrected chi connectivity index (χ0v) is 9.67. The Balaban J connectivity index is 1.94. The van der Waals surface area contributed by atoms with Crippen molar-refractivity contribution in [3.05, 3.63) is 0 Å². The van der Waals surface area contributed by atoms with Gasteiger partial charge in [-0.15, -0.1) is 0 Å². The third-order valence-corrected chi connectivity index (χ3v) is 3.96. The van der Waals surface area contributed by atoms with E-state index in [0.717, 1.165) is 32.8 Å². The molecule has 15 heavy (non-hydrogen) atoms. The van der Waals surface area contributed by atoms with Crippen LogP contribution in [0.3, 0.4) is 0 Å². The van der Waals surface area contributed by atoms with Gasteiger partial charge < -0.3 is 10.5 Å². The van der Waals surface area contributed by atoms with Gasteiger partial charge >= 0.3 is 0 Å². The molecule has 1 aliphatic heterocycles. The number of rotatable bonds is 3. The summed E-state index contributed by atoms with van der Waals surface area (Å²) >= 11 is 0. The van der Waals surface area contributed by atoms with Crippen molar-refractivity contribution in [3.63, 3.8) is 0 Å². The summed E-state index contributed by atoms with van der Waals surface area (Å²) in [6, 6.07) is 0. The predicted molar refractivity (Wildman–Crippen MR) is 60.3 cm³/mol. The highest BCUT2D eigenvalue weighted by molar-refractivity contribution is 4.97. The van der Waals surface area contributed by atoms with Gasteiger partial charge in [-0.1, -0.05) is 13.3 Å². The van der Waals surface area contributed by atoms with Gasteiger partial charge in [-0.25, -0.2) is 10.4 Å². The third kappa shape index (κ3) is 2.33. The maximum atomic E-state index is 5.96. The molecule has 0 radical (unpaired) electrons. The number of hydrogen-bond donors (Lipinski definition) is 2. The van der Waals surface area contributed by atoms with E-state index in [1.165, 1.54) is 19.3 Å². The Morgan fingerprint density at radius 3 is 2.73 bits per heavy atom. The van der Waals surface area contributed by atoms with Crippen LogP contribution in [0.2, 0.25) is 0 Å². The quantitative estimate of drug-likeness (QED) is 0.710. The maximum absolute atomic E-state index is 5.96. The number of hydrogen-bond acceptors (Lipinski definition) is 4. The Morgan fingerprint density at radius 2 is 2.20 bits per heavy atom. The lowest BCUT2D eigenvalue weighted by Crippen LogP contribution is -2.61. The number of nitrogens with zero attached hydrogens (tertiary/aromatic N) is 1. The van der Waals surface area contributed by atoms with Crippen LogP contribution in [0.5, 0.6) is 0 Å². The molecule has 1 heterocycles. The first kappa shape index (κ1) is 11.3. The highest BCUT2D eigenvalue weighted by Gasteiger charge is 2.40. The van der Waals surface area contributed by atoms with Crippen LogP contribution in [-0.2, 0) is 4.74 Å². The average Bonchev–Trinajstić information content (AvgIpc) is 2.62. The minimum atomic E-state index is 0.150. The van der Waals surface area contributed by atoms with Crippen LogP contribution in [0.25, 0.3) is 0 Å². The fourth-order valence-electron chi connectivity index (χ4n) is 2.75. The SMILES string of the molecule is CC1CCCC1(CN)NN1CCOCC1. The minimum absolute atomic E-state index is 0.150. The highest BCUT2D eigenvalue weighted by atomic mass is 16.5. The summed E-state index contributed by atoms with van der Waals surface area (Å²) in [5.41, 5.74) is 9.77. The molecule has 3 N–H and O–H groups in total. The maximum Gasteiger partial charge on any atom is 0.0608 e. The molecule has 4 heteroatoms. The standard InChI is InChI=1S/C11H23N3O/c1-10-3-2-4-11(10,9-12)13-14-5-7-15-8-6-14/h10,13H,2-9,12H2,1H3. The molecule has 4 nitrogen and oxygen atoms in total. The molecule has 88 valence electrons. The predicted octanol–water partition coefficient (Wildman–Crippen LogP) is 0.341. The van der Waals surface area contributed by atoms with E-state index < -0.39 is 0 Å². The largest absolute Gasteiger partial charge is 0.379 e. The first-order chi connectivity index (χ1) is 7.27. The second kappa shape index (κ2) is 4.78. The lowest BCUT2D eigenvalue weighted by molar-refractivity contribution is -0.0175. The van der Waals surface area contributed by atoms with Crippen LogP contribution in [0.15, 0.2) is 0 Å². The summed E-state index contributed by atoms with van der Waals surface area (Å²) in [6.07, 6.45) is 3.81. The van der Waals surface area contributed by atoms with Crippen molar-refractivity contribution in [2.45, 2.75) is 31.7 Å². The van der Waals surface area contributed by atoms with Gasteiger partial charge in [-0.05, 0) is 18.8 Å². The second-order valence-corrected chi connectivity index (χ2v) is 4.86. The van der Waals surface area contributed by atoms with Gasteiger partial charge in [0.15, 0.2) is 0 Å². The van der Waals surface area contributed by atoms with Crippen molar-refractivity contribution in [1.82, 2.24) is 10.4 Å². The van der Waals surface area contributed by atoms with Gasteiger partial charge in [0.25, 0.3) is 0 Å².